The Morgan fingerprint density at radius 2 is 1.91 bits per heavy atom. The standard InChI is InChI=1S/C28H30ClF2N7O4S/c1-15(13-39)27-34-24-21(31)11-18(26-25(24)38(27)16(2)14-42-26)23-19(29)12-32-28(35-23)33-22-5-4-17(10-20(22)30)43(40,41)37-8-6-36(3)7-9-37/h4-5,10-12,15-16,39H,6-9,13-14H2,1-3H3,(H,32,33,35)/t15-,16?/m1/s1. The van der Waals surface area contributed by atoms with E-state index in [4.69, 9.17) is 16.3 Å². The van der Waals surface area contributed by atoms with Crippen LogP contribution in [0.5, 0.6) is 5.75 Å². The van der Waals surface area contributed by atoms with Gasteiger partial charge in [0.25, 0.3) is 0 Å². The van der Waals surface area contributed by atoms with Crippen molar-refractivity contribution in [2.24, 2.45) is 0 Å². The molecule has 0 radical (unpaired) electrons. The van der Waals surface area contributed by atoms with Crippen molar-refractivity contribution < 1.29 is 27.0 Å². The number of nitrogens with one attached hydrogen (secondary N) is 1. The van der Waals surface area contributed by atoms with Crippen LogP contribution in [-0.4, -0.2) is 88.7 Å². The number of rotatable bonds is 7. The highest BCUT2D eigenvalue weighted by atomic mass is 35.5. The lowest BCUT2D eigenvalue weighted by Crippen LogP contribution is -2.47. The summed E-state index contributed by atoms with van der Waals surface area (Å²) in [6.45, 7) is 5.65. The average molecular weight is 634 g/mol. The van der Waals surface area contributed by atoms with Crippen molar-refractivity contribution >= 4 is 44.3 Å². The molecule has 2 aliphatic heterocycles. The van der Waals surface area contributed by atoms with Crippen LogP contribution >= 0.6 is 11.6 Å². The van der Waals surface area contributed by atoms with Crippen molar-refractivity contribution in [1.82, 2.24) is 28.7 Å². The Hall–Kier alpha value is -3.43. The second-order valence-corrected chi connectivity index (χ2v) is 13.2. The summed E-state index contributed by atoms with van der Waals surface area (Å²) >= 11 is 6.48. The van der Waals surface area contributed by atoms with E-state index in [0.717, 1.165) is 6.07 Å². The number of nitrogens with zero attached hydrogens (tertiary/aromatic N) is 6. The van der Waals surface area contributed by atoms with E-state index in [2.05, 4.69) is 20.3 Å². The van der Waals surface area contributed by atoms with Crippen molar-refractivity contribution in [3.8, 4) is 17.0 Å². The fraction of sp³-hybridized carbons (Fsp3) is 0.393. The molecule has 43 heavy (non-hydrogen) atoms. The Bertz CT molecular complexity index is 1830. The van der Waals surface area contributed by atoms with Gasteiger partial charge in [0.05, 0.1) is 40.1 Å². The predicted octanol–water partition coefficient (Wildman–Crippen LogP) is 4.15. The molecule has 0 spiro atoms. The number of hydrogen-bond donors (Lipinski definition) is 2. The highest BCUT2D eigenvalue weighted by Crippen LogP contribution is 2.45. The molecule has 2 aliphatic rings. The zero-order chi connectivity index (χ0) is 30.6. The van der Waals surface area contributed by atoms with Crippen LogP contribution in [0, 0.1) is 11.6 Å². The molecule has 11 nitrogen and oxygen atoms in total. The molecule has 6 rings (SSSR count). The van der Waals surface area contributed by atoms with Crippen molar-refractivity contribution in [3.63, 3.8) is 0 Å². The van der Waals surface area contributed by atoms with Crippen LogP contribution in [0.15, 0.2) is 35.4 Å². The summed E-state index contributed by atoms with van der Waals surface area (Å²) in [5, 5.41) is 12.6. The number of likely N-dealkylation sites (N-methyl/N-ethyl adjacent to an activating group) is 1. The molecule has 4 aromatic rings. The van der Waals surface area contributed by atoms with Crippen molar-refractivity contribution in [2.75, 3.05) is 51.8 Å². The fourth-order valence-corrected chi connectivity index (χ4v) is 7.00. The third-order valence-electron chi connectivity index (χ3n) is 7.81. The largest absolute Gasteiger partial charge is 0.488 e. The molecular formula is C28H30ClF2N7O4S. The van der Waals surface area contributed by atoms with Crippen LogP contribution in [-0.2, 0) is 10.0 Å². The molecule has 4 heterocycles. The van der Waals surface area contributed by atoms with Gasteiger partial charge < -0.3 is 24.6 Å². The number of benzene rings is 2. The lowest BCUT2D eigenvalue weighted by Gasteiger charge is -2.31. The van der Waals surface area contributed by atoms with Gasteiger partial charge in [-0.2, -0.15) is 4.31 Å². The molecule has 1 saturated heterocycles. The van der Waals surface area contributed by atoms with Gasteiger partial charge in [-0.05, 0) is 38.2 Å². The molecule has 0 amide bonds. The van der Waals surface area contributed by atoms with E-state index >= 15 is 8.78 Å². The lowest BCUT2D eigenvalue weighted by atomic mass is 10.1. The average Bonchev–Trinajstić information content (AvgIpc) is 3.40. The smallest absolute Gasteiger partial charge is 0.243 e. The summed E-state index contributed by atoms with van der Waals surface area (Å²) in [5.74, 6) is -0.952. The number of piperazine rings is 1. The van der Waals surface area contributed by atoms with Gasteiger partial charge in [-0.15, -0.1) is 0 Å². The first-order valence-corrected chi connectivity index (χ1v) is 15.6. The number of ether oxygens (including phenoxy) is 1. The number of imidazole rings is 1. The number of aromatic nitrogens is 4. The number of aliphatic hydroxyl groups excluding tert-OH is 1. The molecule has 2 aromatic heterocycles. The summed E-state index contributed by atoms with van der Waals surface area (Å²) in [6.07, 6.45) is 1.30. The van der Waals surface area contributed by atoms with E-state index in [-0.39, 0.29) is 63.5 Å². The van der Waals surface area contributed by atoms with Gasteiger partial charge in [0, 0.05) is 37.7 Å². The first-order chi connectivity index (χ1) is 20.5. The SMILES string of the molecule is CC1COc2c(-c3nc(Nc4ccc(S(=O)(=O)N5CCN(C)CC5)cc4F)ncc3Cl)cc(F)c3nc([C@H](C)CO)n1c23. The summed E-state index contributed by atoms with van der Waals surface area (Å²) in [7, 11) is -1.95. The van der Waals surface area contributed by atoms with Crippen LogP contribution < -0.4 is 10.1 Å². The fourth-order valence-electron chi connectivity index (χ4n) is 5.37. The molecule has 1 unspecified atom stereocenters. The lowest BCUT2D eigenvalue weighted by molar-refractivity contribution is 0.222. The minimum atomic E-state index is -3.86. The minimum Gasteiger partial charge on any atom is -0.488 e. The van der Waals surface area contributed by atoms with Gasteiger partial charge in [0.2, 0.25) is 16.0 Å². The highest BCUT2D eigenvalue weighted by Gasteiger charge is 2.32. The van der Waals surface area contributed by atoms with Gasteiger partial charge in [-0.3, -0.25) is 0 Å². The Morgan fingerprint density at radius 3 is 2.60 bits per heavy atom. The second kappa shape index (κ2) is 11.2. The summed E-state index contributed by atoms with van der Waals surface area (Å²) < 4.78 is 66.1. The zero-order valence-corrected chi connectivity index (χ0v) is 25.3. The van der Waals surface area contributed by atoms with E-state index in [1.807, 2.05) is 23.4 Å². The van der Waals surface area contributed by atoms with E-state index in [1.165, 1.54) is 28.7 Å². The maximum Gasteiger partial charge on any atom is 0.243 e. The Kier molecular flexibility index (Phi) is 7.75. The first kappa shape index (κ1) is 29.6. The maximum absolute atomic E-state index is 15.5. The summed E-state index contributed by atoms with van der Waals surface area (Å²) in [4.78, 5) is 14.9. The quantitative estimate of drug-likeness (QED) is 0.309. The van der Waals surface area contributed by atoms with Crippen LogP contribution in [0.2, 0.25) is 5.02 Å². The van der Waals surface area contributed by atoms with Gasteiger partial charge >= 0.3 is 0 Å². The summed E-state index contributed by atoms with van der Waals surface area (Å²) in [6, 6.07) is 4.65. The third-order valence-corrected chi connectivity index (χ3v) is 9.98. The Morgan fingerprint density at radius 1 is 1.16 bits per heavy atom. The van der Waals surface area contributed by atoms with Crippen LogP contribution in [0.3, 0.4) is 0 Å². The summed E-state index contributed by atoms with van der Waals surface area (Å²) in [5.41, 5.74) is 0.878. The molecule has 228 valence electrons. The number of sulfonamides is 1. The van der Waals surface area contributed by atoms with Crippen molar-refractivity contribution in [2.45, 2.75) is 30.7 Å². The van der Waals surface area contributed by atoms with Crippen LogP contribution in [0.4, 0.5) is 20.4 Å². The van der Waals surface area contributed by atoms with E-state index in [9.17, 15) is 13.5 Å². The molecule has 15 heteroatoms. The van der Waals surface area contributed by atoms with Crippen molar-refractivity contribution in [3.05, 3.63) is 52.9 Å². The van der Waals surface area contributed by atoms with Crippen LogP contribution in [0.25, 0.3) is 22.3 Å². The van der Waals surface area contributed by atoms with Crippen molar-refractivity contribution in [1.29, 1.82) is 0 Å². The van der Waals surface area contributed by atoms with Gasteiger partial charge in [-0.1, -0.05) is 18.5 Å². The van der Waals surface area contributed by atoms with E-state index in [0.29, 0.717) is 43.3 Å². The van der Waals surface area contributed by atoms with E-state index in [1.54, 1.807) is 6.92 Å². The Balaban J connectivity index is 1.35. The number of halogens is 3. The number of aliphatic hydroxyl groups is 1. The van der Waals surface area contributed by atoms with Gasteiger partial charge in [0.15, 0.2) is 11.6 Å². The topological polar surface area (TPSA) is 126 Å². The first-order valence-electron chi connectivity index (χ1n) is 13.8. The van der Waals surface area contributed by atoms with Crippen LogP contribution in [0.1, 0.15) is 31.6 Å². The molecule has 0 aliphatic carbocycles. The predicted molar refractivity (Wildman–Crippen MR) is 157 cm³/mol. The highest BCUT2D eigenvalue weighted by molar-refractivity contribution is 7.89. The second-order valence-electron chi connectivity index (χ2n) is 10.9. The zero-order valence-electron chi connectivity index (χ0n) is 23.7. The molecular weight excluding hydrogens is 604 g/mol. The maximum atomic E-state index is 15.5. The normalized spacial score (nSPS) is 18.5. The molecule has 0 saturated carbocycles. The number of hydrogen-bond acceptors (Lipinski definition) is 9. The molecule has 2 atom stereocenters. The monoisotopic (exact) mass is 633 g/mol. The third kappa shape index (κ3) is 5.20. The molecule has 0 bridgehead atoms. The Labute approximate surface area is 252 Å². The van der Waals surface area contributed by atoms with Gasteiger partial charge in [-0.25, -0.2) is 32.2 Å². The molecule has 2 N–H and O–H groups in total. The molecule has 2 aromatic carbocycles. The van der Waals surface area contributed by atoms with Gasteiger partial charge in [0.1, 0.15) is 29.3 Å². The van der Waals surface area contributed by atoms with E-state index < -0.39 is 21.7 Å². The minimum absolute atomic E-state index is 0.0482. The molecule has 1 fully saturated rings. The number of anilines is 2.